The van der Waals surface area contributed by atoms with E-state index in [1.807, 2.05) is 14.1 Å². The van der Waals surface area contributed by atoms with Crippen molar-refractivity contribution in [3.05, 3.63) is 94.6 Å². The summed E-state index contributed by atoms with van der Waals surface area (Å²) in [6.45, 7) is 2.15. The van der Waals surface area contributed by atoms with Gasteiger partial charge in [-0.05, 0) is 80.7 Å². The lowest BCUT2D eigenvalue weighted by Crippen LogP contribution is -2.33. The maximum Gasteiger partial charge on any atom is 0.270 e. The van der Waals surface area contributed by atoms with Crippen molar-refractivity contribution in [1.29, 1.82) is 0 Å². The average molecular weight is 446 g/mol. The Labute approximate surface area is 183 Å². The summed E-state index contributed by atoms with van der Waals surface area (Å²) in [4.78, 5) is 19.1. The number of nitrogens with one attached hydrogen (secondary N) is 1. The molecular weight excluding hydrogens is 423 g/mol. The molecule has 3 aromatic rings. The summed E-state index contributed by atoms with van der Waals surface area (Å²) in [6, 6.07) is 10.7. The molecule has 1 aromatic heterocycles. The molecule has 0 radical (unpaired) electrons. The molecule has 1 heterocycles. The van der Waals surface area contributed by atoms with Gasteiger partial charge in [0.05, 0.1) is 11.9 Å². The zero-order valence-electron chi connectivity index (χ0n) is 17.3. The van der Waals surface area contributed by atoms with Crippen molar-refractivity contribution in [2.75, 3.05) is 20.8 Å². The van der Waals surface area contributed by atoms with Crippen LogP contribution in [0.15, 0.2) is 59.6 Å². The predicted molar refractivity (Wildman–Crippen MR) is 115 cm³/mol. The van der Waals surface area contributed by atoms with Crippen molar-refractivity contribution in [1.82, 2.24) is 15.2 Å². The number of rotatable bonds is 7. The Morgan fingerprint density at radius 1 is 1.03 bits per heavy atom. The molecular formula is C23H22F3N3OS. The van der Waals surface area contributed by atoms with Crippen LogP contribution in [-0.2, 0) is 0 Å². The number of halogens is 3. The van der Waals surface area contributed by atoms with E-state index < -0.39 is 16.9 Å². The van der Waals surface area contributed by atoms with Crippen LogP contribution < -0.4 is 5.32 Å². The van der Waals surface area contributed by atoms with Gasteiger partial charge in [-0.3, -0.25) is 14.7 Å². The fourth-order valence-corrected chi connectivity index (χ4v) is 4.19. The summed E-state index contributed by atoms with van der Waals surface area (Å²) >= 11 is 1.25. The van der Waals surface area contributed by atoms with E-state index in [4.69, 9.17) is 0 Å². The molecule has 3 rings (SSSR count). The highest BCUT2D eigenvalue weighted by Crippen LogP contribution is 2.42. The molecule has 4 nitrogen and oxygen atoms in total. The van der Waals surface area contributed by atoms with Crippen LogP contribution in [0.1, 0.15) is 32.4 Å². The summed E-state index contributed by atoms with van der Waals surface area (Å²) in [6.07, 6.45) is 1.51. The van der Waals surface area contributed by atoms with Crippen LogP contribution in [0.25, 0.3) is 0 Å². The molecule has 0 aliphatic carbocycles. The summed E-state index contributed by atoms with van der Waals surface area (Å²) in [7, 11) is 3.65. The SMILES string of the molecule is Cc1cc(C(=O)NCN(C)C)ncc1C(Sc1ccc(F)cc1)c1cc(F)ccc1F. The molecule has 1 N–H and O–H groups in total. The van der Waals surface area contributed by atoms with Crippen molar-refractivity contribution < 1.29 is 18.0 Å². The van der Waals surface area contributed by atoms with Gasteiger partial charge in [0.15, 0.2) is 0 Å². The molecule has 1 atom stereocenters. The lowest BCUT2D eigenvalue weighted by atomic mass is 10.0. The van der Waals surface area contributed by atoms with Gasteiger partial charge in [-0.2, -0.15) is 0 Å². The monoisotopic (exact) mass is 445 g/mol. The van der Waals surface area contributed by atoms with Gasteiger partial charge in [-0.15, -0.1) is 11.8 Å². The Kier molecular flexibility index (Phi) is 7.35. The molecule has 8 heteroatoms. The normalized spacial score (nSPS) is 12.1. The van der Waals surface area contributed by atoms with Crippen LogP contribution >= 0.6 is 11.8 Å². The van der Waals surface area contributed by atoms with E-state index >= 15 is 0 Å². The zero-order chi connectivity index (χ0) is 22.5. The van der Waals surface area contributed by atoms with Gasteiger partial charge >= 0.3 is 0 Å². The van der Waals surface area contributed by atoms with Gasteiger partial charge in [0.2, 0.25) is 0 Å². The lowest BCUT2D eigenvalue weighted by Gasteiger charge is -2.21. The molecule has 162 valence electrons. The van der Waals surface area contributed by atoms with E-state index in [0.717, 1.165) is 18.2 Å². The third-order valence-corrected chi connectivity index (χ3v) is 5.82. The number of carbonyl (C=O) groups is 1. The van der Waals surface area contributed by atoms with Crippen molar-refractivity contribution in [2.45, 2.75) is 17.1 Å². The molecule has 1 amide bonds. The molecule has 0 saturated carbocycles. The minimum absolute atomic E-state index is 0.143. The number of pyridine rings is 1. The molecule has 0 saturated heterocycles. The second-order valence-corrected chi connectivity index (χ2v) is 8.47. The van der Waals surface area contributed by atoms with Gasteiger partial charge in [0, 0.05) is 16.7 Å². The molecule has 0 fully saturated rings. The topological polar surface area (TPSA) is 45.2 Å². The Balaban J connectivity index is 1.99. The molecule has 31 heavy (non-hydrogen) atoms. The quantitative estimate of drug-likeness (QED) is 0.413. The standard InChI is InChI=1S/C23H22F3N3OS/c1-14-10-21(23(30)28-13-29(2)3)27-12-19(14)22(18-11-16(25)6-9-20(18)26)31-17-7-4-15(24)5-8-17/h4-12,22H,13H2,1-3H3,(H,28,30). The van der Waals surface area contributed by atoms with Crippen LogP contribution in [0, 0.1) is 24.4 Å². The number of amides is 1. The molecule has 1 unspecified atom stereocenters. The molecule has 0 aliphatic rings. The minimum Gasteiger partial charge on any atom is -0.338 e. The number of hydrogen-bond acceptors (Lipinski definition) is 4. The lowest BCUT2D eigenvalue weighted by molar-refractivity contribution is 0.0930. The predicted octanol–water partition coefficient (Wildman–Crippen LogP) is 4.94. The van der Waals surface area contributed by atoms with E-state index in [2.05, 4.69) is 10.3 Å². The highest BCUT2D eigenvalue weighted by atomic mass is 32.2. The summed E-state index contributed by atoms with van der Waals surface area (Å²) in [5.41, 5.74) is 1.70. The fraction of sp³-hybridized carbons (Fsp3) is 0.217. The van der Waals surface area contributed by atoms with E-state index in [1.54, 1.807) is 30.0 Å². The smallest absolute Gasteiger partial charge is 0.270 e. The second-order valence-electron chi connectivity index (χ2n) is 7.29. The summed E-state index contributed by atoms with van der Waals surface area (Å²) in [5, 5.41) is 2.10. The van der Waals surface area contributed by atoms with Crippen molar-refractivity contribution >= 4 is 17.7 Å². The van der Waals surface area contributed by atoms with Gasteiger partial charge in [-0.25, -0.2) is 13.2 Å². The zero-order valence-corrected chi connectivity index (χ0v) is 18.1. The Bertz CT molecular complexity index is 1070. The van der Waals surface area contributed by atoms with E-state index in [9.17, 15) is 18.0 Å². The molecule has 0 bridgehead atoms. The Hall–Kier alpha value is -2.84. The first kappa shape index (κ1) is 22.8. The summed E-state index contributed by atoms with van der Waals surface area (Å²) < 4.78 is 41.9. The number of nitrogens with zero attached hydrogens (tertiary/aromatic N) is 2. The van der Waals surface area contributed by atoms with Crippen LogP contribution in [-0.4, -0.2) is 36.6 Å². The first-order valence-corrected chi connectivity index (χ1v) is 10.4. The van der Waals surface area contributed by atoms with Gasteiger partial charge < -0.3 is 5.32 Å². The van der Waals surface area contributed by atoms with Crippen molar-refractivity contribution in [3.63, 3.8) is 0 Å². The third-order valence-electron chi connectivity index (χ3n) is 4.53. The Morgan fingerprint density at radius 2 is 1.71 bits per heavy atom. The number of benzene rings is 2. The first-order valence-electron chi connectivity index (χ1n) is 9.51. The van der Waals surface area contributed by atoms with Crippen LogP contribution in [0.5, 0.6) is 0 Å². The van der Waals surface area contributed by atoms with E-state index in [-0.39, 0.29) is 23.0 Å². The number of aryl methyl sites for hydroxylation is 1. The van der Waals surface area contributed by atoms with Gasteiger partial charge in [-0.1, -0.05) is 0 Å². The third kappa shape index (κ3) is 5.86. The van der Waals surface area contributed by atoms with Crippen LogP contribution in [0.2, 0.25) is 0 Å². The molecule has 0 aliphatic heterocycles. The second kappa shape index (κ2) is 9.98. The van der Waals surface area contributed by atoms with E-state index in [1.165, 1.54) is 30.1 Å². The first-order chi connectivity index (χ1) is 14.7. The number of hydrogen-bond donors (Lipinski definition) is 1. The molecule has 0 spiro atoms. The summed E-state index contributed by atoms with van der Waals surface area (Å²) in [5.74, 6) is -1.84. The maximum absolute atomic E-state index is 14.7. The van der Waals surface area contributed by atoms with Crippen molar-refractivity contribution in [2.24, 2.45) is 0 Å². The number of carbonyl (C=O) groups excluding carboxylic acids is 1. The van der Waals surface area contributed by atoms with Crippen molar-refractivity contribution in [3.8, 4) is 0 Å². The van der Waals surface area contributed by atoms with E-state index in [0.29, 0.717) is 22.7 Å². The van der Waals surface area contributed by atoms with Gasteiger partial charge in [0.1, 0.15) is 23.1 Å². The highest BCUT2D eigenvalue weighted by molar-refractivity contribution is 7.99. The minimum atomic E-state index is -0.646. The highest BCUT2D eigenvalue weighted by Gasteiger charge is 2.23. The maximum atomic E-state index is 14.7. The van der Waals surface area contributed by atoms with Crippen LogP contribution in [0.4, 0.5) is 13.2 Å². The van der Waals surface area contributed by atoms with Gasteiger partial charge in [0.25, 0.3) is 5.91 Å². The number of aromatic nitrogens is 1. The Morgan fingerprint density at radius 3 is 2.35 bits per heavy atom. The largest absolute Gasteiger partial charge is 0.338 e. The fourth-order valence-electron chi connectivity index (χ4n) is 2.94. The number of thioether (sulfide) groups is 1. The van der Waals surface area contributed by atoms with Crippen LogP contribution in [0.3, 0.4) is 0 Å². The molecule has 2 aromatic carbocycles. The average Bonchev–Trinajstić information content (AvgIpc) is 2.73.